The van der Waals surface area contributed by atoms with Crippen molar-refractivity contribution < 1.29 is 21.9 Å². The standard InChI is InChI=1S/C14H9O.C5H4I.Fe/c15-11-14-8-4-3-7-13(14)10-9-12-5-1-2-6-12;6-5-3-1-2-4-5;/h1-8,11H;1-4H;/q2*-1;+2. The molecular weight excluding hydrogens is 427 g/mol. The number of halogens is 1. The Morgan fingerprint density at radius 3 is 2.18 bits per heavy atom. The van der Waals surface area contributed by atoms with Crippen molar-refractivity contribution in [1.82, 2.24) is 0 Å². The van der Waals surface area contributed by atoms with Gasteiger partial charge in [0.2, 0.25) is 0 Å². The van der Waals surface area contributed by atoms with Crippen LogP contribution in [0.25, 0.3) is 0 Å². The van der Waals surface area contributed by atoms with Crippen LogP contribution in [-0.2, 0) is 17.1 Å². The molecule has 3 heteroatoms. The molecule has 3 aromatic carbocycles. The summed E-state index contributed by atoms with van der Waals surface area (Å²) in [7, 11) is 0. The molecule has 0 saturated carbocycles. The van der Waals surface area contributed by atoms with E-state index in [-0.39, 0.29) is 17.1 Å². The molecule has 0 saturated heterocycles. The van der Waals surface area contributed by atoms with Gasteiger partial charge < -0.3 is 0 Å². The van der Waals surface area contributed by atoms with E-state index in [9.17, 15) is 4.79 Å². The summed E-state index contributed by atoms with van der Waals surface area (Å²) in [4.78, 5) is 10.7. The molecule has 0 aliphatic heterocycles. The molecule has 0 atom stereocenters. The van der Waals surface area contributed by atoms with Crippen LogP contribution >= 0.6 is 22.6 Å². The largest absolute Gasteiger partial charge is 2.00 e. The van der Waals surface area contributed by atoms with Gasteiger partial charge in [0, 0.05) is 11.1 Å². The average Bonchev–Trinajstić information content (AvgIpc) is 3.19. The molecule has 0 N–H and O–H groups in total. The maximum absolute atomic E-state index is 10.7. The normalized spacial score (nSPS) is 8.59. The third-order valence-electron chi connectivity index (χ3n) is 2.71. The van der Waals surface area contributed by atoms with E-state index in [2.05, 4.69) is 46.6 Å². The maximum Gasteiger partial charge on any atom is 2.00 e. The summed E-state index contributed by atoms with van der Waals surface area (Å²) < 4.78 is 1.31. The van der Waals surface area contributed by atoms with E-state index in [1.54, 1.807) is 6.07 Å². The summed E-state index contributed by atoms with van der Waals surface area (Å²) in [6.07, 6.45) is 0.828. The summed E-state index contributed by atoms with van der Waals surface area (Å²) in [6, 6.07) is 23.3. The molecule has 0 unspecified atom stereocenters. The summed E-state index contributed by atoms with van der Waals surface area (Å²) in [5.74, 6) is 5.99. The van der Waals surface area contributed by atoms with Gasteiger partial charge in [-0.2, -0.15) is 36.3 Å². The van der Waals surface area contributed by atoms with Crippen molar-refractivity contribution in [2.24, 2.45) is 0 Å². The zero-order valence-corrected chi connectivity index (χ0v) is 14.9. The fourth-order valence-electron chi connectivity index (χ4n) is 1.66. The minimum atomic E-state index is 0. The fourth-order valence-corrected chi connectivity index (χ4v) is 2.08. The van der Waals surface area contributed by atoms with E-state index < -0.39 is 0 Å². The minimum absolute atomic E-state index is 0. The van der Waals surface area contributed by atoms with E-state index in [4.69, 9.17) is 0 Å². The zero-order chi connectivity index (χ0) is 14.9. The molecule has 0 radical (unpaired) electrons. The van der Waals surface area contributed by atoms with Crippen molar-refractivity contribution in [3.63, 3.8) is 0 Å². The average molecular weight is 440 g/mol. The molecule has 0 amide bonds. The number of carbonyl (C=O) groups is 1. The van der Waals surface area contributed by atoms with E-state index in [0.29, 0.717) is 5.56 Å². The Bertz CT molecular complexity index is 731. The molecule has 3 aromatic rings. The molecule has 0 aromatic heterocycles. The van der Waals surface area contributed by atoms with Gasteiger partial charge in [-0.15, -0.1) is 21.1 Å². The maximum atomic E-state index is 10.7. The predicted molar refractivity (Wildman–Crippen MR) is 94.6 cm³/mol. The summed E-state index contributed by atoms with van der Waals surface area (Å²) in [5.41, 5.74) is 2.38. The molecule has 0 heterocycles. The molecule has 0 aliphatic rings. The second kappa shape index (κ2) is 10.2. The Hall–Kier alpha value is -1.60. The van der Waals surface area contributed by atoms with Crippen LogP contribution in [0.3, 0.4) is 0 Å². The van der Waals surface area contributed by atoms with Crippen LogP contribution in [-0.4, -0.2) is 6.29 Å². The molecule has 3 rings (SSSR count). The summed E-state index contributed by atoms with van der Waals surface area (Å²) in [6.45, 7) is 0. The van der Waals surface area contributed by atoms with Crippen molar-refractivity contribution in [3.05, 3.63) is 93.1 Å². The van der Waals surface area contributed by atoms with Gasteiger partial charge in [-0.3, -0.25) is 4.79 Å². The SMILES string of the molecule is Ic1ccc[cH-]1.O=Cc1ccccc1C#Cc1ccc[cH-]1.[Fe+2]. The Labute approximate surface area is 155 Å². The van der Waals surface area contributed by atoms with Gasteiger partial charge in [0.25, 0.3) is 0 Å². The van der Waals surface area contributed by atoms with Gasteiger partial charge in [0.05, 0.1) is 0 Å². The third kappa shape index (κ3) is 6.03. The topological polar surface area (TPSA) is 17.1 Å². The first-order valence-corrected chi connectivity index (χ1v) is 7.52. The quantitative estimate of drug-likeness (QED) is 0.178. The molecule has 22 heavy (non-hydrogen) atoms. The molecule has 110 valence electrons. The Balaban J connectivity index is 0.000000293. The Kier molecular flexibility index (Phi) is 8.54. The van der Waals surface area contributed by atoms with Gasteiger partial charge in [0.1, 0.15) is 0 Å². The first-order valence-electron chi connectivity index (χ1n) is 6.45. The number of carbonyl (C=O) groups excluding carboxylic acids is 1. The molecule has 0 aliphatic carbocycles. The fraction of sp³-hybridized carbons (Fsp3) is 0. The Morgan fingerprint density at radius 1 is 0.909 bits per heavy atom. The number of rotatable bonds is 1. The van der Waals surface area contributed by atoms with Gasteiger partial charge >= 0.3 is 17.1 Å². The van der Waals surface area contributed by atoms with E-state index in [1.165, 1.54) is 3.57 Å². The van der Waals surface area contributed by atoms with Crippen LogP contribution in [0.15, 0.2) is 72.8 Å². The van der Waals surface area contributed by atoms with Crippen molar-refractivity contribution in [2.45, 2.75) is 0 Å². The number of hydrogen-bond donors (Lipinski definition) is 0. The van der Waals surface area contributed by atoms with Crippen LogP contribution in [0.4, 0.5) is 0 Å². The minimum Gasteiger partial charge on any atom is -0.298 e. The third-order valence-corrected chi connectivity index (χ3v) is 3.43. The number of benzene rings is 1. The molecule has 0 fully saturated rings. The smallest absolute Gasteiger partial charge is 0.298 e. The molecule has 1 nitrogen and oxygen atoms in total. The first kappa shape index (κ1) is 18.4. The second-order valence-corrected chi connectivity index (χ2v) is 5.48. The monoisotopic (exact) mass is 440 g/mol. The van der Waals surface area contributed by atoms with Gasteiger partial charge in [-0.05, 0) is 6.07 Å². The first-order chi connectivity index (χ1) is 10.3. The second-order valence-electron chi connectivity index (χ2n) is 4.23. The number of aldehydes is 1. The van der Waals surface area contributed by atoms with Crippen molar-refractivity contribution in [3.8, 4) is 11.8 Å². The van der Waals surface area contributed by atoms with Gasteiger partial charge in [0.15, 0.2) is 6.29 Å². The van der Waals surface area contributed by atoms with Crippen LogP contribution < -0.4 is 0 Å². The van der Waals surface area contributed by atoms with Crippen LogP contribution in [0.5, 0.6) is 0 Å². The zero-order valence-electron chi connectivity index (χ0n) is 11.6. The van der Waals surface area contributed by atoms with Gasteiger partial charge in [-0.1, -0.05) is 40.8 Å². The molecular formula is C19H13FeIO. The summed E-state index contributed by atoms with van der Waals surface area (Å²) in [5, 5.41) is 0. The Morgan fingerprint density at radius 2 is 1.64 bits per heavy atom. The number of hydrogen-bond acceptors (Lipinski definition) is 1. The van der Waals surface area contributed by atoms with E-state index >= 15 is 0 Å². The van der Waals surface area contributed by atoms with Crippen molar-refractivity contribution in [2.75, 3.05) is 0 Å². The molecule has 0 bridgehead atoms. The van der Waals surface area contributed by atoms with Crippen molar-refractivity contribution in [1.29, 1.82) is 0 Å². The van der Waals surface area contributed by atoms with Gasteiger partial charge in [-0.25, -0.2) is 12.1 Å². The molecule has 0 spiro atoms. The van der Waals surface area contributed by atoms with E-state index in [0.717, 1.165) is 17.4 Å². The van der Waals surface area contributed by atoms with Crippen LogP contribution in [0.1, 0.15) is 21.5 Å². The van der Waals surface area contributed by atoms with Crippen molar-refractivity contribution >= 4 is 28.9 Å². The van der Waals surface area contributed by atoms with Crippen LogP contribution in [0.2, 0.25) is 0 Å². The van der Waals surface area contributed by atoms with E-state index in [1.807, 2.05) is 54.6 Å². The van der Waals surface area contributed by atoms with Crippen LogP contribution in [0, 0.1) is 15.4 Å². The summed E-state index contributed by atoms with van der Waals surface area (Å²) >= 11 is 2.28. The predicted octanol–water partition coefficient (Wildman–Crippen LogP) is 4.63.